The van der Waals surface area contributed by atoms with E-state index in [2.05, 4.69) is 18.7 Å². The van der Waals surface area contributed by atoms with Gasteiger partial charge in [0, 0.05) is 18.5 Å². The number of rotatable bonds is 4. The van der Waals surface area contributed by atoms with Crippen LogP contribution in [0.15, 0.2) is 0 Å². The summed E-state index contributed by atoms with van der Waals surface area (Å²) >= 11 is 5.00. The summed E-state index contributed by atoms with van der Waals surface area (Å²) in [5.41, 5.74) is 5.58. The van der Waals surface area contributed by atoms with Crippen molar-refractivity contribution in [3.8, 4) is 0 Å². The number of thiocarbonyl (C=S) groups is 1. The lowest BCUT2D eigenvalue weighted by Gasteiger charge is -2.26. The van der Waals surface area contributed by atoms with Crippen molar-refractivity contribution in [2.45, 2.75) is 32.8 Å². The molecule has 0 saturated carbocycles. The first-order valence-electron chi connectivity index (χ1n) is 5.12. The summed E-state index contributed by atoms with van der Waals surface area (Å²) in [6.07, 6.45) is 1.73. The molecule has 0 bridgehead atoms. The standard InChI is InChI=1S/C10H20N2OS/c1-10(2,9(11)14)4-6-12-5-3-8(13)7-12/h8,13H,3-7H2,1-2H3,(H2,11,14). The van der Waals surface area contributed by atoms with Gasteiger partial charge < -0.3 is 15.7 Å². The van der Waals surface area contributed by atoms with Crippen LogP contribution in [-0.2, 0) is 0 Å². The van der Waals surface area contributed by atoms with Crippen LogP contribution in [0.25, 0.3) is 0 Å². The van der Waals surface area contributed by atoms with Gasteiger partial charge in [-0.1, -0.05) is 26.1 Å². The molecule has 1 aliphatic rings. The van der Waals surface area contributed by atoms with Gasteiger partial charge in [0.2, 0.25) is 0 Å². The third kappa shape index (κ3) is 3.19. The van der Waals surface area contributed by atoms with Gasteiger partial charge in [0.1, 0.15) is 0 Å². The summed E-state index contributed by atoms with van der Waals surface area (Å²) in [5.74, 6) is 0. The fourth-order valence-electron chi connectivity index (χ4n) is 1.58. The van der Waals surface area contributed by atoms with Crippen LogP contribution in [0, 0.1) is 5.41 Å². The molecule has 14 heavy (non-hydrogen) atoms. The lowest BCUT2D eigenvalue weighted by Crippen LogP contribution is -2.34. The van der Waals surface area contributed by atoms with Crippen molar-refractivity contribution in [2.75, 3.05) is 19.6 Å². The highest BCUT2D eigenvalue weighted by Crippen LogP contribution is 2.22. The predicted octanol–water partition coefficient (Wildman–Crippen LogP) is 0.755. The van der Waals surface area contributed by atoms with Gasteiger partial charge in [-0.25, -0.2) is 0 Å². The van der Waals surface area contributed by atoms with Crippen LogP contribution >= 0.6 is 12.2 Å². The molecule has 0 radical (unpaired) electrons. The predicted molar refractivity (Wildman–Crippen MR) is 62.2 cm³/mol. The van der Waals surface area contributed by atoms with Crippen molar-refractivity contribution in [3.63, 3.8) is 0 Å². The lowest BCUT2D eigenvalue weighted by molar-refractivity contribution is 0.173. The van der Waals surface area contributed by atoms with E-state index in [1.165, 1.54) is 0 Å². The van der Waals surface area contributed by atoms with Gasteiger partial charge in [0.25, 0.3) is 0 Å². The van der Waals surface area contributed by atoms with Crippen molar-refractivity contribution < 1.29 is 5.11 Å². The van der Waals surface area contributed by atoms with Crippen LogP contribution in [0.4, 0.5) is 0 Å². The van der Waals surface area contributed by atoms with Gasteiger partial charge in [0.05, 0.1) is 11.1 Å². The second-order valence-corrected chi connectivity index (χ2v) is 5.18. The first kappa shape index (κ1) is 11.9. The van der Waals surface area contributed by atoms with E-state index in [9.17, 15) is 5.11 Å². The Bertz CT molecular complexity index is 218. The highest BCUT2D eigenvalue weighted by atomic mass is 32.1. The average molecular weight is 216 g/mol. The highest BCUT2D eigenvalue weighted by molar-refractivity contribution is 7.80. The van der Waals surface area contributed by atoms with E-state index in [0.717, 1.165) is 32.5 Å². The summed E-state index contributed by atoms with van der Waals surface area (Å²) < 4.78 is 0. The smallest absolute Gasteiger partial charge is 0.0784 e. The first-order valence-corrected chi connectivity index (χ1v) is 5.53. The fourth-order valence-corrected chi connectivity index (χ4v) is 1.68. The number of aliphatic hydroxyl groups is 1. The van der Waals surface area contributed by atoms with Gasteiger partial charge in [-0.2, -0.15) is 0 Å². The molecule has 0 aromatic rings. The Hall–Kier alpha value is -0.190. The zero-order chi connectivity index (χ0) is 10.8. The minimum Gasteiger partial charge on any atom is -0.393 e. The summed E-state index contributed by atoms with van der Waals surface area (Å²) in [5, 5.41) is 9.35. The third-order valence-corrected chi connectivity index (χ3v) is 3.52. The number of aliphatic hydroxyl groups excluding tert-OH is 1. The number of β-amino-alcohol motifs (C(OH)–C–C–N with tert-alkyl or cyclic N) is 1. The van der Waals surface area contributed by atoms with Crippen LogP contribution in [0.3, 0.4) is 0 Å². The maximum Gasteiger partial charge on any atom is 0.0784 e. The largest absolute Gasteiger partial charge is 0.393 e. The highest BCUT2D eigenvalue weighted by Gasteiger charge is 2.25. The summed E-state index contributed by atoms with van der Waals surface area (Å²) in [7, 11) is 0. The molecule has 1 rings (SSSR count). The summed E-state index contributed by atoms with van der Waals surface area (Å²) in [6.45, 7) is 6.91. The number of nitrogens with two attached hydrogens (primary N) is 1. The molecule has 3 N–H and O–H groups in total. The van der Waals surface area contributed by atoms with Gasteiger partial charge in [-0.15, -0.1) is 0 Å². The Morgan fingerprint density at radius 3 is 2.71 bits per heavy atom. The minimum atomic E-state index is -0.136. The maximum atomic E-state index is 9.35. The molecule has 1 heterocycles. The Morgan fingerprint density at radius 1 is 1.64 bits per heavy atom. The second-order valence-electron chi connectivity index (χ2n) is 4.74. The van der Waals surface area contributed by atoms with Crippen LogP contribution < -0.4 is 5.73 Å². The van der Waals surface area contributed by atoms with Gasteiger partial charge >= 0.3 is 0 Å². The third-order valence-electron chi connectivity index (χ3n) is 2.97. The molecule has 1 unspecified atom stereocenters. The van der Waals surface area contributed by atoms with Gasteiger partial charge in [0.15, 0.2) is 0 Å². The molecule has 1 saturated heterocycles. The zero-order valence-corrected chi connectivity index (χ0v) is 9.81. The SMILES string of the molecule is CC(C)(CCN1CCC(O)C1)C(N)=S. The van der Waals surface area contributed by atoms with E-state index in [-0.39, 0.29) is 11.5 Å². The number of hydrogen-bond acceptors (Lipinski definition) is 3. The maximum absolute atomic E-state index is 9.35. The molecular formula is C10H20N2OS. The van der Waals surface area contributed by atoms with Crippen molar-refractivity contribution >= 4 is 17.2 Å². The van der Waals surface area contributed by atoms with E-state index in [4.69, 9.17) is 18.0 Å². The Morgan fingerprint density at radius 2 is 2.29 bits per heavy atom. The molecular weight excluding hydrogens is 196 g/mol. The van der Waals surface area contributed by atoms with E-state index in [0.29, 0.717) is 4.99 Å². The van der Waals surface area contributed by atoms with Crippen molar-refractivity contribution in [2.24, 2.45) is 11.1 Å². The molecule has 82 valence electrons. The van der Waals surface area contributed by atoms with E-state index in [1.807, 2.05) is 0 Å². The Balaban J connectivity index is 2.30. The van der Waals surface area contributed by atoms with Gasteiger partial charge in [-0.3, -0.25) is 0 Å². The van der Waals surface area contributed by atoms with Gasteiger partial charge in [-0.05, 0) is 19.4 Å². The van der Waals surface area contributed by atoms with Crippen LogP contribution in [0.2, 0.25) is 0 Å². The zero-order valence-electron chi connectivity index (χ0n) is 8.99. The van der Waals surface area contributed by atoms with Crippen LogP contribution in [-0.4, -0.2) is 40.7 Å². The van der Waals surface area contributed by atoms with Crippen molar-refractivity contribution in [1.82, 2.24) is 4.90 Å². The van der Waals surface area contributed by atoms with Crippen LogP contribution in [0.5, 0.6) is 0 Å². The second kappa shape index (κ2) is 4.55. The fraction of sp³-hybridized carbons (Fsp3) is 0.900. The Labute approximate surface area is 91.3 Å². The monoisotopic (exact) mass is 216 g/mol. The first-order chi connectivity index (χ1) is 6.42. The lowest BCUT2D eigenvalue weighted by atomic mass is 9.89. The Kier molecular flexibility index (Phi) is 3.86. The van der Waals surface area contributed by atoms with Crippen LogP contribution in [0.1, 0.15) is 26.7 Å². The molecule has 0 amide bonds. The number of hydrogen-bond donors (Lipinski definition) is 2. The minimum absolute atomic E-state index is 0.0666. The average Bonchev–Trinajstić information content (AvgIpc) is 2.48. The topological polar surface area (TPSA) is 49.5 Å². The van der Waals surface area contributed by atoms with E-state index in [1.54, 1.807) is 0 Å². The molecule has 1 fully saturated rings. The van der Waals surface area contributed by atoms with Crippen molar-refractivity contribution in [3.05, 3.63) is 0 Å². The van der Waals surface area contributed by atoms with E-state index < -0.39 is 0 Å². The number of likely N-dealkylation sites (tertiary alicyclic amines) is 1. The normalized spacial score (nSPS) is 24.1. The molecule has 0 aromatic heterocycles. The quantitative estimate of drug-likeness (QED) is 0.681. The molecule has 1 aliphatic heterocycles. The van der Waals surface area contributed by atoms with Crippen molar-refractivity contribution in [1.29, 1.82) is 0 Å². The number of nitrogens with zero attached hydrogens (tertiary/aromatic N) is 1. The summed E-state index contributed by atoms with van der Waals surface area (Å²) in [6, 6.07) is 0. The summed E-state index contributed by atoms with van der Waals surface area (Å²) in [4.78, 5) is 2.85. The molecule has 1 atom stereocenters. The molecule has 0 aliphatic carbocycles. The molecule has 0 spiro atoms. The molecule has 0 aromatic carbocycles. The molecule has 4 heteroatoms. The van der Waals surface area contributed by atoms with E-state index >= 15 is 0 Å². The molecule has 3 nitrogen and oxygen atoms in total.